The number of carbonyl (C=O) groups is 1. The lowest BCUT2D eigenvalue weighted by Crippen LogP contribution is -2.14. The molecule has 2 rings (SSSR count). The number of aromatic nitrogens is 2. The Balaban J connectivity index is 2.32. The molecule has 0 aliphatic rings. The predicted octanol–water partition coefficient (Wildman–Crippen LogP) is 4.11. The maximum atomic E-state index is 12.1. The van der Waals surface area contributed by atoms with E-state index in [0.29, 0.717) is 15.9 Å². The van der Waals surface area contributed by atoms with Crippen LogP contribution in [-0.2, 0) is 0 Å². The zero-order valence-corrected chi connectivity index (χ0v) is 12.8. The van der Waals surface area contributed by atoms with Gasteiger partial charge in [-0.25, -0.2) is 9.97 Å². The molecule has 0 aliphatic carbocycles. The molecule has 2 aromatic rings. The smallest absolute Gasteiger partial charge is 0.258 e. The van der Waals surface area contributed by atoms with E-state index in [4.69, 9.17) is 23.2 Å². The van der Waals surface area contributed by atoms with Gasteiger partial charge in [-0.15, -0.1) is 0 Å². The molecule has 4 nitrogen and oxygen atoms in total. The molecule has 0 fully saturated rings. The third kappa shape index (κ3) is 3.23. The van der Waals surface area contributed by atoms with Crippen molar-refractivity contribution in [2.45, 2.75) is 6.92 Å². The first kappa shape index (κ1) is 14.2. The Labute approximate surface area is 128 Å². The summed E-state index contributed by atoms with van der Waals surface area (Å²) >= 11 is 15.0. The lowest BCUT2D eigenvalue weighted by molar-refractivity contribution is 0.102. The van der Waals surface area contributed by atoms with Crippen molar-refractivity contribution in [3.8, 4) is 0 Å². The quantitative estimate of drug-likeness (QED) is 0.820. The number of halogens is 3. The Morgan fingerprint density at radius 1 is 1.42 bits per heavy atom. The molecule has 0 aromatic carbocycles. The van der Waals surface area contributed by atoms with Crippen molar-refractivity contribution < 1.29 is 4.79 Å². The highest BCUT2D eigenvalue weighted by atomic mass is 79.9. The molecule has 2 aromatic heterocycles. The molecular formula is C12H8BrCl2N3O. The number of pyridine rings is 2. The highest BCUT2D eigenvalue weighted by Crippen LogP contribution is 2.27. The maximum Gasteiger partial charge on any atom is 0.258 e. The number of carbonyl (C=O) groups excluding carboxylic acids is 1. The minimum atomic E-state index is -0.325. The fourth-order valence-corrected chi connectivity index (χ4v) is 2.49. The largest absolute Gasteiger partial charge is 0.319 e. The summed E-state index contributed by atoms with van der Waals surface area (Å²) in [4.78, 5) is 20.0. The normalized spacial score (nSPS) is 10.3. The van der Waals surface area contributed by atoms with Gasteiger partial charge in [0.1, 0.15) is 9.76 Å². The third-order valence-electron chi connectivity index (χ3n) is 2.38. The average molecular weight is 361 g/mol. The van der Waals surface area contributed by atoms with Gasteiger partial charge in [0, 0.05) is 6.20 Å². The Kier molecular flexibility index (Phi) is 4.39. The summed E-state index contributed by atoms with van der Waals surface area (Å²) in [6.07, 6.45) is 1.59. The summed E-state index contributed by atoms with van der Waals surface area (Å²) in [5, 5.41) is 3.13. The van der Waals surface area contributed by atoms with Gasteiger partial charge >= 0.3 is 0 Å². The van der Waals surface area contributed by atoms with Crippen LogP contribution in [0.3, 0.4) is 0 Å². The summed E-state index contributed by atoms with van der Waals surface area (Å²) in [5.41, 5.74) is 1.58. The van der Waals surface area contributed by atoms with Gasteiger partial charge < -0.3 is 5.32 Å². The highest BCUT2D eigenvalue weighted by Gasteiger charge is 2.15. The number of nitrogens with one attached hydrogen (secondary N) is 1. The summed E-state index contributed by atoms with van der Waals surface area (Å²) in [7, 11) is 0. The Morgan fingerprint density at radius 2 is 2.16 bits per heavy atom. The lowest BCUT2D eigenvalue weighted by Gasteiger charge is -2.10. The van der Waals surface area contributed by atoms with E-state index in [-0.39, 0.29) is 16.2 Å². The first-order chi connectivity index (χ1) is 8.99. The number of amides is 1. The van der Waals surface area contributed by atoms with Gasteiger partial charge in [-0.05, 0) is 46.6 Å². The zero-order valence-electron chi connectivity index (χ0n) is 9.75. The Bertz CT molecular complexity index is 626. The van der Waals surface area contributed by atoms with Crippen molar-refractivity contribution in [1.29, 1.82) is 0 Å². The molecule has 0 radical (unpaired) electrons. The predicted molar refractivity (Wildman–Crippen MR) is 78.9 cm³/mol. The van der Waals surface area contributed by atoms with Crippen LogP contribution in [0.15, 0.2) is 29.0 Å². The van der Waals surface area contributed by atoms with Crippen molar-refractivity contribution in [3.05, 3.63) is 50.4 Å². The average Bonchev–Trinajstić information content (AvgIpc) is 2.34. The summed E-state index contributed by atoms with van der Waals surface area (Å²) < 4.78 is 0.461. The van der Waals surface area contributed by atoms with Crippen LogP contribution in [0.25, 0.3) is 0 Å². The van der Waals surface area contributed by atoms with E-state index in [1.165, 1.54) is 0 Å². The molecule has 0 saturated carbocycles. The fourth-order valence-electron chi connectivity index (χ4n) is 1.48. The molecule has 1 amide bonds. The van der Waals surface area contributed by atoms with Crippen molar-refractivity contribution in [2.75, 3.05) is 5.32 Å². The van der Waals surface area contributed by atoms with Gasteiger partial charge in [0.15, 0.2) is 5.15 Å². The molecule has 0 aliphatic heterocycles. The van der Waals surface area contributed by atoms with E-state index in [0.717, 1.165) is 5.56 Å². The summed E-state index contributed by atoms with van der Waals surface area (Å²) in [6.45, 7) is 1.79. The van der Waals surface area contributed by atoms with Crippen LogP contribution in [0.4, 0.5) is 5.69 Å². The van der Waals surface area contributed by atoms with Gasteiger partial charge in [-0.2, -0.15) is 0 Å². The molecule has 0 atom stereocenters. The van der Waals surface area contributed by atoms with Crippen LogP contribution in [-0.4, -0.2) is 15.9 Å². The van der Waals surface area contributed by atoms with Gasteiger partial charge in [-0.3, -0.25) is 4.79 Å². The van der Waals surface area contributed by atoms with E-state index in [1.807, 2.05) is 0 Å². The Hall–Kier alpha value is -1.17. The second-order valence-corrected chi connectivity index (χ2v) is 5.22. The van der Waals surface area contributed by atoms with Crippen molar-refractivity contribution >= 4 is 50.7 Å². The number of anilines is 1. The van der Waals surface area contributed by atoms with Crippen LogP contribution in [0.1, 0.15) is 15.9 Å². The number of hydrogen-bond acceptors (Lipinski definition) is 3. The summed E-state index contributed by atoms with van der Waals surface area (Å²) in [5.74, 6) is -0.325. The molecule has 0 unspecified atom stereocenters. The van der Waals surface area contributed by atoms with Crippen LogP contribution in [0.2, 0.25) is 10.3 Å². The van der Waals surface area contributed by atoms with E-state index in [1.54, 1.807) is 31.3 Å². The first-order valence-electron chi connectivity index (χ1n) is 5.23. The second-order valence-electron chi connectivity index (χ2n) is 3.72. The van der Waals surface area contributed by atoms with E-state index in [2.05, 4.69) is 31.2 Å². The number of aryl methyl sites for hydroxylation is 1. The van der Waals surface area contributed by atoms with Gasteiger partial charge in [-0.1, -0.05) is 23.2 Å². The van der Waals surface area contributed by atoms with Gasteiger partial charge in [0.2, 0.25) is 0 Å². The van der Waals surface area contributed by atoms with Crippen molar-refractivity contribution in [1.82, 2.24) is 9.97 Å². The highest BCUT2D eigenvalue weighted by molar-refractivity contribution is 9.10. The summed E-state index contributed by atoms with van der Waals surface area (Å²) in [6, 6.07) is 4.95. The zero-order chi connectivity index (χ0) is 14.0. The molecule has 0 saturated heterocycles. The molecule has 0 bridgehead atoms. The molecule has 1 N–H and O–H groups in total. The first-order valence-corrected chi connectivity index (χ1v) is 6.78. The van der Waals surface area contributed by atoms with E-state index >= 15 is 0 Å². The second kappa shape index (κ2) is 5.86. The third-order valence-corrected chi connectivity index (χ3v) is 3.48. The molecule has 7 heteroatoms. The molecule has 2 heterocycles. The SMILES string of the molecule is Cc1cc(Cl)nc(Cl)c1NC(=O)c1cccnc1Br. The topological polar surface area (TPSA) is 54.9 Å². The minimum absolute atomic E-state index is 0.151. The van der Waals surface area contributed by atoms with Crippen molar-refractivity contribution in [3.63, 3.8) is 0 Å². The van der Waals surface area contributed by atoms with Crippen LogP contribution >= 0.6 is 39.1 Å². The lowest BCUT2D eigenvalue weighted by atomic mass is 10.2. The monoisotopic (exact) mass is 359 g/mol. The number of hydrogen-bond donors (Lipinski definition) is 1. The maximum absolute atomic E-state index is 12.1. The molecule has 19 heavy (non-hydrogen) atoms. The van der Waals surface area contributed by atoms with Crippen LogP contribution < -0.4 is 5.32 Å². The molecule has 0 spiro atoms. The molecular weight excluding hydrogens is 353 g/mol. The van der Waals surface area contributed by atoms with Crippen LogP contribution in [0, 0.1) is 6.92 Å². The van der Waals surface area contributed by atoms with Crippen molar-refractivity contribution in [2.24, 2.45) is 0 Å². The van der Waals surface area contributed by atoms with Gasteiger partial charge in [0.05, 0.1) is 11.3 Å². The Morgan fingerprint density at radius 3 is 2.79 bits per heavy atom. The standard InChI is InChI=1S/C12H8BrCl2N3O/c1-6-5-8(14)17-11(15)9(6)18-12(19)7-3-2-4-16-10(7)13/h2-5H,1H3,(H,18,19). The number of rotatable bonds is 2. The minimum Gasteiger partial charge on any atom is -0.319 e. The van der Waals surface area contributed by atoms with E-state index < -0.39 is 0 Å². The van der Waals surface area contributed by atoms with E-state index in [9.17, 15) is 4.79 Å². The molecule has 98 valence electrons. The van der Waals surface area contributed by atoms with Gasteiger partial charge in [0.25, 0.3) is 5.91 Å². The number of nitrogens with zero attached hydrogens (tertiary/aromatic N) is 2. The fraction of sp³-hybridized carbons (Fsp3) is 0.0833. The van der Waals surface area contributed by atoms with Crippen LogP contribution in [0.5, 0.6) is 0 Å².